The van der Waals surface area contributed by atoms with E-state index in [9.17, 15) is 4.57 Å². The summed E-state index contributed by atoms with van der Waals surface area (Å²) in [6.07, 6.45) is 0. The normalized spacial score (nSPS) is 11.8. The molecule has 11 aromatic rings. The van der Waals surface area contributed by atoms with Gasteiger partial charge in [0, 0.05) is 60.2 Å². The molecule has 3 heterocycles. The van der Waals surface area contributed by atoms with E-state index in [0.717, 1.165) is 71.9 Å². The molecular formula is C54H38N5OP. The monoisotopic (exact) mass is 803 g/mol. The number of hydrogen-bond donors (Lipinski definition) is 0. The summed E-state index contributed by atoms with van der Waals surface area (Å²) in [5.74, 6) is 1.73. The van der Waals surface area contributed by atoms with Crippen molar-refractivity contribution in [1.29, 1.82) is 0 Å². The molecule has 290 valence electrons. The molecular weight excluding hydrogens is 766 g/mol. The van der Waals surface area contributed by atoms with Crippen molar-refractivity contribution in [1.82, 2.24) is 24.5 Å². The van der Waals surface area contributed by atoms with Gasteiger partial charge in [0.2, 0.25) is 0 Å². The summed E-state index contributed by atoms with van der Waals surface area (Å²) >= 11 is 0. The van der Waals surface area contributed by atoms with Crippen LogP contribution in [0.25, 0.3) is 106 Å². The predicted molar refractivity (Wildman–Crippen MR) is 253 cm³/mol. The van der Waals surface area contributed by atoms with Gasteiger partial charge in [0.05, 0.1) is 22.2 Å². The highest BCUT2D eigenvalue weighted by Gasteiger charge is 2.20. The van der Waals surface area contributed by atoms with Crippen LogP contribution in [0.5, 0.6) is 0 Å². The zero-order chi connectivity index (χ0) is 41.1. The van der Waals surface area contributed by atoms with E-state index in [0.29, 0.717) is 17.5 Å². The van der Waals surface area contributed by atoms with Gasteiger partial charge in [0.25, 0.3) is 0 Å². The Hall–Kier alpha value is -7.53. The molecule has 11 rings (SSSR count). The Bertz CT molecular complexity index is 3490. The van der Waals surface area contributed by atoms with Crippen molar-refractivity contribution in [2.45, 2.75) is 0 Å². The average Bonchev–Trinajstić information content (AvgIpc) is 3.66. The van der Waals surface area contributed by atoms with Crippen molar-refractivity contribution in [2.24, 2.45) is 0 Å². The molecule has 3 aromatic heterocycles. The third-order valence-electron chi connectivity index (χ3n) is 11.5. The summed E-state index contributed by atoms with van der Waals surface area (Å²) < 4.78 is 15.1. The van der Waals surface area contributed by atoms with E-state index in [1.165, 1.54) is 21.7 Å². The van der Waals surface area contributed by atoms with Gasteiger partial charge in [-0.1, -0.05) is 164 Å². The van der Waals surface area contributed by atoms with Gasteiger partial charge in [-0.2, -0.15) is 0 Å². The lowest BCUT2D eigenvalue weighted by Crippen LogP contribution is -2.03. The van der Waals surface area contributed by atoms with Crippen LogP contribution in [-0.4, -0.2) is 37.8 Å². The molecule has 0 saturated carbocycles. The molecule has 0 spiro atoms. The average molecular weight is 804 g/mol. The maximum absolute atomic E-state index is 12.8. The lowest BCUT2D eigenvalue weighted by molar-refractivity contribution is 0.588. The molecule has 0 bridgehead atoms. The van der Waals surface area contributed by atoms with Gasteiger partial charge in [-0.05, 0) is 54.8 Å². The molecule has 0 unspecified atom stereocenters. The summed E-state index contributed by atoms with van der Waals surface area (Å²) in [4.78, 5) is 20.2. The van der Waals surface area contributed by atoms with Gasteiger partial charge in [-0.3, -0.25) is 0 Å². The first-order chi connectivity index (χ1) is 29.9. The molecule has 0 fully saturated rings. The zero-order valence-corrected chi connectivity index (χ0v) is 34.5. The molecule has 0 amide bonds. The van der Waals surface area contributed by atoms with Gasteiger partial charge in [-0.25, -0.2) is 19.9 Å². The van der Waals surface area contributed by atoms with Crippen LogP contribution in [0, 0.1) is 0 Å². The molecule has 0 radical (unpaired) electrons. The van der Waals surface area contributed by atoms with E-state index in [1.807, 2.05) is 54.6 Å². The van der Waals surface area contributed by atoms with Crippen LogP contribution in [-0.2, 0) is 4.57 Å². The fraction of sp³-hybridized carbons (Fsp3) is 0.0370. The number of pyridine rings is 1. The topological polar surface area (TPSA) is 73.6 Å². The molecule has 6 nitrogen and oxygen atoms in total. The Morgan fingerprint density at radius 1 is 0.393 bits per heavy atom. The van der Waals surface area contributed by atoms with E-state index in [1.54, 1.807) is 13.3 Å². The second kappa shape index (κ2) is 14.6. The minimum Gasteiger partial charge on any atom is -0.319 e. The van der Waals surface area contributed by atoms with Gasteiger partial charge < -0.3 is 9.13 Å². The van der Waals surface area contributed by atoms with Crippen molar-refractivity contribution in [3.05, 3.63) is 194 Å². The van der Waals surface area contributed by atoms with Crippen LogP contribution in [0.1, 0.15) is 0 Å². The fourth-order valence-corrected chi connectivity index (χ4v) is 9.40. The molecule has 0 atom stereocenters. The number of para-hydroxylation sites is 2. The first-order valence-electron chi connectivity index (χ1n) is 20.4. The summed E-state index contributed by atoms with van der Waals surface area (Å²) in [7, 11) is -2.40. The smallest absolute Gasteiger partial charge is 0.164 e. The molecule has 0 aliphatic carbocycles. The number of nitrogens with zero attached hydrogens (tertiary/aromatic N) is 5. The van der Waals surface area contributed by atoms with Crippen LogP contribution in [0.4, 0.5) is 0 Å². The molecule has 7 heteroatoms. The van der Waals surface area contributed by atoms with Gasteiger partial charge >= 0.3 is 0 Å². The maximum Gasteiger partial charge on any atom is 0.164 e. The van der Waals surface area contributed by atoms with E-state index >= 15 is 0 Å². The summed E-state index contributed by atoms with van der Waals surface area (Å²) in [6, 6.07) is 67.1. The molecule has 0 saturated heterocycles. The predicted octanol–water partition coefficient (Wildman–Crippen LogP) is 13.3. The van der Waals surface area contributed by atoms with Crippen molar-refractivity contribution in [3.63, 3.8) is 0 Å². The summed E-state index contributed by atoms with van der Waals surface area (Å²) in [6.45, 7) is 3.56. The van der Waals surface area contributed by atoms with Crippen LogP contribution in [0.3, 0.4) is 0 Å². The van der Waals surface area contributed by atoms with E-state index in [-0.39, 0.29) is 0 Å². The second-order valence-corrected chi connectivity index (χ2v) is 19.0. The van der Waals surface area contributed by atoms with Gasteiger partial charge in [-0.15, -0.1) is 0 Å². The number of hydrogen-bond acceptors (Lipinski definition) is 5. The van der Waals surface area contributed by atoms with Gasteiger partial charge in [0.15, 0.2) is 17.5 Å². The van der Waals surface area contributed by atoms with E-state index < -0.39 is 7.14 Å². The molecule has 0 aliphatic rings. The largest absolute Gasteiger partial charge is 0.319 e. The number of rotatable bonds is 7. The standard InChI is InChI=1S/C54H38N5OP/c1-61(2,60)42-29-26-39(27-30-42)54-57-52(37-16-8-4-9-17-37)56-53(58-54)38-24-22-35(23-25-38)40-28-31-43-46(34-40)55-51(36-14-6-3-7-15-36)45-32-33-48-50(49(43)45)44-20-12-13-21-47(44)59(48)41-18-10-5-11-19-41/h3-34H,1-2H3. The third-order valence-corrected chi connectivity index (χ3v) is 13.1. The Morgan fingerprint density at radius 2 is 0.902 bits per heavy atom. The van der Waals surface area contributed by atoms with Crippen molar-refractivity contribution < 1.29 is 4.57 Å². The summed E-state index contributed by atoms with van der Waals surface area (Å²) in [5.41, 5.74) is 11.2. The fourth-order valence-electron chi connectivity index (χ4n) is 8.54. The number of aromatic nitrogens is 5. The first kappa shape index (κ1) is 36.5. The second-order valence-electron chi connectivity index (χ2n) is 15.8. The molecule has 8 aromatic carbocycles. The quantitative estimate of drug-likeness (QED) is 0.118. The highest BCUT2D eigenvalue weighted by Crippen LogP contribution is 2.43. The van der Waals surface area contributed by atoms with E-state index in [4.69, 9.17) is 19.9 Å². The van der Waals surface area contributed by atoms with Gasteiger partial charge in [0.1, 0.15) is 7.14 Å². The Kier molecular flexibility index (Phi) is 8.76. The third kappa shape index (κ3) is 6.49. The van der Waals surface area contributed by atoms with E-state index in [2.05, 4.69) is 144 Å². The number of benzene rings is 8. The zero-order valence-electron chi connectivity index (χ0n) is 33.6. The van der Waals surface area contributed by atoms with Crippen molar-refractivity contribution in [3.8, 4) is 62.2 Å². The molecule has 61 heavy (non-hydrogen) atoms. The number of fused-ring (bicyclic) bond motifs is 7. The Labute approximate surface area is 353 Å². The molecule has 0 aliphatic heterocycles. The Morgan fingerprint density at radius 3 is 1.54 bits per heavy atom. The minimum absolute atomic E-state index is 0.560. The maximum atomic E-state index is 12.8. The van der Waals surface area contributed by atoms with Crippen LogP contribution < -0.4 is 5.30 Å². The molecule has 0 N–H and O–H groups in total. The lowest BCUT2D eigenvalue weighted by atomic mass is 9.94. The minimum atomic E-state index is -2.40. The van der Waals surface area contributed by atoms with Crippen LogP contribution in [0.15, 0.2) is 194 Å². The van der Waals surface area contributed by atoms with Crippen molar-refractivity contribution >= 4 is 55.9 Å². The lowest BCUT2D eigenvalue weighted by Gasteiger charge is -2.14. The Balaban J connectivity index is 1.06. The van der Waals surface area contributed by atoms with Crippen molar-refractivity contribution in [2.75, 3.05) is 13.3 Å². The SMILES string of the molecule is CP(C)(=O)c1ccc(-c2nc(-c3ccccc3)nc(-c3ccc(-c4ccc5c(c4)nc(-c4ccccc4)c4ccc6c(c7ccccc7n6-c6ccccc6)c45)cc3)n2)cc1. The summed E-state index contributed by atoms with van der Waals surface area (Å²) in [5, 5.41) is 6.68. The van der Waals surface area contributed by atoms with Crippen LogP contribution in [0.2, 0.25) is 0 Å². The highest BCUT2D eigenvalue weighted by atomic mass is 31.2. The first-order valence-corrected chi connectivity index (χ1v) is 23.0. The van der Waals surface area contributed by atoms with Crippen LogP contribution >= 0.6 is 7.14 Å². The highest BCUT2D eigenvalue weighted by molar-refractivity contribution is 7.70.